The van der Waals surface area contributed by atoms with E-state index in [1.165, 1.54) is 7.11 Å². The number of methoxy groups -OCH3 is 1. The Bertz CT molecular complexity index is 385. The maximum Gasteiger partial charge on any atom is 0.168 e. The zero-order valence-electron chi connectivity index (χ0n) is 9.14. The second-order valence-corrected chi connectivity index (χ2v) is 4.26. The molecule has 1 aromatic carbocycles. The summed E-state index contributed by atoms with van der Waals surface area (Å²) in [6.07, 6.45) is 2.06. The molecule has 1 aliphatic rings. The minimum atomic E-state index is -0.255. The van der Waals surface area contributed by atoms with Crippen molar-refractivity contribution in [1.82, 2.24) is 0 Å². The lowest BCUT2D eigenvalue weighted by molar-refractivity contribution is 0.375. The predicted octanol–water partition coefficient (Wildman–Crippen LogP) is 2.13. The summed E-state index contributed by atoms with van der Waals surface area (Å²) in [4.78, 5) is 0. The van der Waals surface area contributed by atoms with Gasteiger partial charge in [-0.25, -0.2) is 4.39 Å². The van der Waals surface area contributed by atoms with E-state index in [2.05, 4.69) is 0 Å². The Labute approximate surface area is 89.2 Å². The van der Waals surface area contributed by atoms with Crippen LogP contribution in [0.25, 0.3) is 0 Å². The van der Waals surface area contributed by atoms with Crippen molar-refractivity contribution in [3.05, 3.63) is 29.1 Å². The molecule has 0 unspecified atom stereocenters. The summed E-state index contributed by atoms with van der Waals surface area (Å²) >= 11 is 0. The number of ether oxygens (including phenoxy) is 1. The molecule has 2 rings (SSSR count). The Morgan fingerprint density at radius 2 is 2.13 bits per heavy atom. The number of benzene rings is 1. The van der Waals surface area contributed by atoms with E-state index in [1.807, 2.05) is 6.07 Å². The molecular formula is C12H16FNO. The van der Waals surface area contributed by atoms with E-state index in [4.69, 9.17) is 10.5 Å². The molecule has 2 N–H and O–H groups in total. The first kappa shape index (κ1) is 10.4. The van der Waals surface area contributed by atoms with Crippen LogP contribution in [0.4, 0.5) is 4.39 Å². The third kappa shape index (κ3) is 1.51. The minimum absolute atomic E-state index is 0.0279. The van der Waals surface area contributed by atoms with Crippen molar-refractivity contribution in [2.24, 2.45) is 5.73 Å². The number of halogens is 1. The van der Waals surface area contributed by atoms with Gasteiger partial charge in [-0.3, -0.25) is 0 Å². The Balaban J connectivity index is 2.52. The summed E-state index contributed by atoms with van der Waals surface area (Å²) in [6.45, 7) is 2.30. The quantitative estimate of drug-likeness (QED) is 0.827. The van der Waals surface area contributed by atoms with Gasteiger partial charge >= 0.3 is 0 Å². The average Bonchev–Trinajstić information content (AvgIpc) is 3.02. The smallest absolute Gasteiger partial charge is 0.168 e. The Morgan fingerprint density at radius 1 is 1.47 bits per heavy atom. The second kappa shape index (κ2) is 3.49. The lowest BCUT2D eigenvalue weighted by atomic mass is 9.94. The van der Waals surface area contributed by atoms with Crippen LogP contribution < -0.4 is 10.5 Å². The lowest BCUT2D eigenvalue weighted by Crippen LogP contribution is -2.21. The first-order chi connectivity index (χ1) is 7.14. The third-order valence-corrected chi connectivity index (χ3v) is 3.31. The number of rotatable bonds is 3. The predicted molar refractivity (Wildman–Crippen MR) is 57.7 cm³/mol. The molecule has 1 fully saturated rings. The third-order valence-electron chi connectivity index (χ3n) is 3.31. The summed E-state index contributed by atoms with van der Waals surface area (Å²) in [7, 11) is 1.51. The Hall–Kier alpha value is -1.09. The molecule has 0 atom stereocenters. The molecule has 0 saturated heterocycles. The van der Waals surface area contributed by atoms with Crippen molar-refractivity contribution in [3.63, 3.8) is 0 Å². The topological polar surface area (TPSA) is 35.2 Å². The molecule has 1 saturated carbocycles. The average molecular weight is 209 g/mol. The van der Waals surface area contributed by atoms with Gasteiger partial charge in [-0.1, -0.05) is 12.1 Å². The maximum absolute atomic E-state index is 13.8. The maximum atomic E-state index is 13.8. The van der Waals surface area contributed by atoms with Gasteiger partial charge in [0.05, 0.1) is 7.11 Å². The van der Waals surface area contributed by atoms with Gasteiger partial charge < -0.3 is 10.5 Å². The molecule has 0 aliphatic heterocycles. The van der Waals surface area contributed by atoms with Crippen LogP contribution in [-0.2, 0) is 5.41 Å². The van der Waals surface area contributed by atoms with E-state index in [0.29, 0.717) is 17.9 Å². The molecule has 0 spiro atoms. The minimum Gasteiger partial charge on any atom is -0.493 e. The van der Waals surface area contributed by atoms with Crippen LogP contribution in [0.5, 0.6) is 5.75 Å². The van der Waals surface area contributed by atoms with E-state index in [1.54, 1.807) is 13.0 Å². The number of hydrogen-bond acceptors (Lipinski definition) is 2. The van der Waals surface area contributed by atoms with Gasteiger partial charge in [-0.05, 0) is 25.3 Å². The van der Waals surface area contributed by atoms with E-state index in [0.717, 1.165) is 18.4 Å². The largest absolute Gasteiger partial charge is 0.493 e. The summed E-state index contributed by atoms with van der Waals surface area (Å²) in [5, 5.41) is 0. The van der Waals surface area contributed by atoms with Crippen molar-refractivity contribution in [1.29, 1.82) is 0 Å². The summed E-state index contributed by atoms with van der Waals surface area (Å²) in [5.74, 6) is 0.118. The lowest BCUT2D eigenvalue weighted by Gasteiger charge is -2.18. The normalized spacial score (nSPS) is 17.6. The first-order valence-corrected chi connectivity index (χ1v) is 5.18. The molecule has 2 nitrogen and oxygen atoms in total. The van der Waals surface area contributed by atoms with E-state index in [9.17, 15) is 4.39 Å². The highest BCUT2D eigenvalue weighted by atomic mass is 19.1. The highest BCUT2D eigenvalue weighted by molar-refractivity contribution is 5.46. The zero-order chi connectivity index (χ0) is 11.1. The van der Waals surface area contributed by atoms with Gasteiger partial charge in [-0.2, -0.15) is 0 Å². The Kier molecular flexibility index (Phi) is 2.43. The number of aryl methyl sites for hydroxylation is 1. The van der Waals surface area contributed by atoms with Crippen molar-refractivity contribution in [2.45, 2.75) is 25.2 Å². The van der Waals surface area contributed by atoms with Crippen LogP contribution in [0.1, 0.15) is 24.0 Å². The van der Waals surface area contributed by atoms with Crippen LogP contribution in [0.2, 0.25) is 0 Å². The van der Waals surface area contributed by atoms with Crippen LogP contribution in [-0.4, -0.2) is 13.7 Å². The van der Waals surface area contributed by atoms with Gasteiger partial charge in [0.25, 0.3) is 0 Å². The SMILES string of the molecule is COc1c(C2(CN)CC2)ccc(C)c1F. The molecule has 15 heavy (non-hydrogen) atoms. The fourth-order valence-electron chi connectivity index (χ4n) is 2.01. The fraction of sp³-hybridized carbons (Fsp3) is 0.500. The van der Waals surface area contributed by atoms with Crippen molar-refractivity contribution >= 4 is 0 Å². The van der Waals surface area contributed by atoms with Crippen molar-refractivity contribution < 1.29 is 9.13 Å². The van der Waals surface area contributed by atoms with Crippen LogP contribution in [0.3, 0.4) is 0 Å². The summed E-state index contributed by atoms with van der Waals surface area (Å²) in [5.41, 5.74) is 7.25. The zero-order valence-corrected chi connectivity index (χ0v) is 9.14. The first-order valence-electron chi connectivity index (χ1n) is 5.18. The molecule has 3 heteroatoms. The van der Waals surface area contributed by atoms with Crippen LogP contribution in [0.15, 0.2) is 12.1 Å². The van der Waals surface area contributed by atoms with Crippen LogP contribution >= 0.6 is 0 Å². The van der Waals surface area contributed by atoms with E-state index < -0.39 is 0 Å². The molecule has 0 radical (unpaired) electrons. The molecule has 0 bridgehead atoms. The molecular weight excluding hydrogens is 193 g/mol. The summed E-state index contributed by atoms with van der Waals surface area (Å²) < 4.78 is 18.9. The van der Waals surface area contributed by atoms with E-state index >= 15 is 0 Å². The van der Waals surface area contributed by atoms with Crippen molar-refractivity contribution in [2.75, 3.05) is 13.7 Å². The molecule has 0 heterocycles. The molecule has 82 valence electrons. The molecule has 1 aliphatic carbocycles. The second-order valence-electron chi connectivity index (χ2n) is 4.26. The van der Waals surface area contributed by atoms with Crippen LogP contribution in [0, 0.1) is 12.7 Å². The van der Waals surface area contributed by atoms with Crippen molar-refractivity contribution in [3.8, 4) is 5.75 Å². The summed E-state index contributed by atoms with van der Waals surface area (Å²) in [6, 6.07) is 3.74. The highest BCUT2D eigenvalue weighted by Gasteiger charge is 2.45. The van der Waals surface area contributed by atoms with Gasteiger partial charge in [0, 0.05) is 17.5 Å². The van der Waals surface area contributed by atoms with Gasteiger partial charge in [-0.15, -0.1) is 0 Å². The highest BCUT2D eigenvalue weighted by Crippen LogP contribution is 2.51. The van der Waals surface area contributed by atoms with Gasteiger partial charge in [0.15, 0.2) is 11.6 Å². The van der Waals surface area contributed by atoms with Gasteiger partial charge in [0.2, 0.25) is 0 Å². The van der Waals surface area contributed by atoms with E-state index in [-0.39, 0.29) is 11.2 Å². The number of nitrogens with two attached hydrogens (primary N) is 1. The molecule has 1 aromatic rings. The van der Waals surface area contributed by atoms with Gasteiger partial charge in [0.1, 0.15) is 0 Å². The fourth-order valence-corrected chi connectivity index (χ4v) is 2.01. The number of hydrogen-bond donors (Lipinski definition) is 1. The standard InChI is InChI=1S/C12H16FNO/c1-8-3-4-9(11(15-2)10(8)13)12(7-14)5-6-12/h3-4H,5-7,14H2,1-2H3. The molecule has 0 aromatic heterocycles. The monoisotopic (exact) mass is 209 g/mol. The molecule has 0 amide bonds. The Morgan fingerprint density at radius 3 is 2.60 bits per heavy atom.